The van der Waals surface area contributed by atoms with Crippen LogP contribution < -0.4 is 10.4 Å². The van der Waals surface area contributed by atoms with Gasteiger partial charge in [0.25, 0.3) is 0 Å². The largest absolute Gasteiger partial charge is 0.498 e. The second-order valence-electron chi connectivity index (χ2n) is 10.7. The SMILES string of the molecule is CN(C[C@@H]1CCCN(C(=O)OC(C)(C)C)C1)c1ncc(B2OC(C)(C)C(C)(C)O2)cn1. The van der Waals surface area contributed by atoms with Crippen LogP contribution in [0.1, 0.15) is 61.3 Å². The van der Waals surface area contributed by atoms with E-state index in [1.54, 1.807) is 12.4 Å². The lowest BCUT2D eigenvalue weighted by Crippen LogP contribution is -2.45. The predicted molar refractivity (Wildman–Crippen MR) is 122 cm³/mol. The Bertz CT molecular complexity index is 763. The third-order valence-corrected chi connectivity index (χ3v) is 6.23. The van der Waals surface area contributed by atoms with E-state index in [-0.39, 0.29) is 6.09 Å². The average molecular weight is 432 g/mol. The van der Waals surface area contributed by atoms with Crippen LogP contribution in [0.5, 0.6) is 0 Å². The van der Waals surface area contributed by atoms with Gasteiger partial charge in [-0.05, 0) is 67.2 Å². The van der Waals surface area contributed by atoms with E-state index in [2.05, 4.69) is 9.97 Å². The minimum atomic E-state index is -0.479. The van der Waals surface area contributed by atoms with Crippen LogP contribution in [0.2, 0.25) is 0 Å². The van der Waals surface area contributed by atoms with Crippen molar-refractivity contribution < 1.29 is 18.8 Å². The minimum Gasteiger partial charge on any atom is -0.444 e. The lowest BCUT2D eigenvalue weighted by atomic mass is 9.81. The molecule has 0 aromatic carbocycles. The Kier molecular flexibility index (Phi) is 6.59. The average Bonchev–Trinajstić information content (AvgIpc) is 2.88. The number of hydrogen-bond donors (Lipinski definition) is 0. The maximum atomic E-state index is 12.4. The van der Waals surface area contributed by atoms with Gasteiger partial charge >= 0.3 is 13.2 Å². The second kappa shape index (κ2) is 8.58. The van der Waals surface area contributed by atoms with Gasteiger partial charge in [-0.15, -0.1) is 0 Å². The number of piperidine rings is 1. The molecule has 0 unspecified atom stereocenters. The number of ether oxygens (including phenoxy) is 1. The summed E-state index contributed by atoms with van der Waals surface area (Å²) in [4.78, 5) is 25.3. The van der Waals surface area contributed by atoms with E-state index in [9.17, 15) is 4.79 Å². The molecule has 0 N–H and O–H groups in total. The molecule has 1 aromatic heterocycles. The summed E-state index contributed by atoms with van der Waals surface area (Å²) in [6.07, 6.45) is 5.35. The molecule has 1 aromatic rings. The number of nitrogens with zero attached hydrogens (tertiary/aromatic N) is 4. The summed E-state index contributed by atoms with van der Waals surface area (Å²) in [6.45, 7) is 16.0. The number of anilines is 1. The first kappa shape index (κ1) is 23.8. The van der Waals surface area contributed by atoms with Crippen molar-refractivity contribution in [3.8, 4) is 0 Å². The van der Waals surface area contributed by atoms with E-state index in [1.807, 2.05) is 65.3 Å². The highest BCUT2D eigenvalue weighted by molar-refractivity contribution is 6.61. The number of carbonyl (C=O) groups is 1. The molecule has 0 spiro atoms. The molecule has 0 aliphatic carbocycles. The van der Waals surface area contributed by atoms with Crippen LogP contribution in [0.25, 0.3) is 0 Å². The van der Waals surface area contributed by atoms with Crippen LogP contribution in [0.3, 0.4) is 0 Å². The number of hydrogen-bond acceptors (Lipinski definition) is 7. The topological polar surface area (TPSA) is 77.0 Å². The van der Waals surface area contributed by atoms with E-state index >= 15 is 0 Å². The van der Waals surface area contributed by atoms with E-state index in [0.717, 1.165) is 31.4 Å². The van der Waals surface area contributed by atoms with E-state index in [0.29, 0.717) is 18.4 Å². The summed E-state index contributed by atoms with van der Waals surface area (Å²) < 4.78 is 17.7. The first-order chi connectivity index (χ1) is 14.3. The number of likely N-dealkylation sites (tertiary alicyclic amines) is 1. The zero-order valence-electron chi connectivity index (χ0n) is 20.3. The third kappa shape index (κ3) is 5.69. The highest BCUT2D eigenvalue weighted by Gasteiger charge is 2.52. The summed E-state index contributed by atoms with van der Waals surface area (Å²) in [7, 11) is 1.51. The van der Waals surface area contributed by atoms with Crippen LogP contribution >= 0.6 is 0 Å². The lowest BCUT2D eigenvalue weighted by Gasteiger charge is -2.35. The van der Waals surface area contributed by atoms with Crippen LogP contribution in [0, 0.1) is 5.92 Å². The van der Waals surface area contributed by atoms with Crippen molar-refractivity contribution in [1.82, 2.24) is 14.9 Å². The van der Waals surface area contributed by atoms with Gasteiger partial charge in [0, 0.05) is 44.5 Å². The Balaban J connectivity index is 1.57. The van der Waals surface area contributed by atoms with Gasteiger partial charge in [0.05, 0.1) is 11.2 Å². The van der Waals surface area contributed by atoms with Crippen molar-refractivity contribution in [2.24, 2.45) is 5.92 Å². The van der Waals surface area contributed by atoms with E-state index < -0.39 is 23.9 Å². The lowest BCUT2D eigenvalue weighted by molar-refractivity contribution is 0.00578. The quantitative estimate of drug-likeness (QED) is 0.678. The molecule has 0 radical (unpaired) electrons. The summed E-state index contributed by atoms with van der Waals surface area (Å²) in [6, 6.07) is 0. The number of aromatic nitrogens is 2. The molecule has 172 valence electrons. The molecule has 2 fully saturated rings. The molecule has 2 saturated heterocycles. The van der Waals surface area contributed by atoms with Gasteiger partial charge in [-0.2, -0.15) is 0 Å². The van der Waals surface area contributed by atoms with Crippen LogP contribution in [-0.4, -0.2) is 71.6 Å². The molecule has 2 aliphatic rings. The Hall–Kier alpha value is -1.87. The summed E-state index contributed by atoms with van der Waals surface area (Å²) in [5, 5.41) is 0. The first-order valence-electron chi connectivity index (χ1n) is 11.1. The van der Waals surface area contributed by atoms with Gasteiger partial charge in [0.2, 0.25) is 5.95 Å². The Morgan fingerprint density at radius 3 is 2.35 bits per heavy atom. The fraction of sp³-hybridized carbons (Fsp3) is 0.773. The van der Waals surface area contributed by atoms with Crippen LogP contribution in [-0.2, 0) is 14.0 Å². The molecule has 31 heavy (non-hydrogen) atoms. The Labute approximate surface area is 186 Å². The van der Waals surface area contributed by atoms with Crippen molar-refractivity contribution in [1.29, 1.82) is 0 Å². The smallest absolute Gasteiger partial charge is 0.444 e. The van der Waals surface area contributed by atoms with Crippen LogP contribution in [0.4, 0.5) is 10.7 Å². The van der Waals surface area contributed by atoms with E-state index in [1.165, 1.54) is 0 Å². The molecule has 1 amide bonds. The fourth-order valence-electron chi connectivity index (χ4n) is 3.80. The molecule has 8 nitrogen and oxygen atoms in total. The molecule has 0 saturated carbocycles. The number of rotatable bonds is 4. The standard InChI is InChI=1S/C22H37BN4O4/c1-20(2,3)29-19(28)27-11-9-10-16(15-27)14-26(8)18-24-12-17(13-25-18)23-30-21(4,5)22(6,7)31-23/h12-13,16H,9-11,14-15H2,1-8H3/t16-/m0/s1. The van der Waals surface area contributed by atoms with Gasteiger partial charge < -0.3 is 23.8 Å². The number of carbonyl (C=O) groups excluding carboxylic acids is 1. The van der Waals surface area contributed by atoms with Crippen molar-refractivity contribution in [2.75, 3.05) is 31.6 Å². The van der Waals surface area contributed by atoms with Crippen molar-refractivity contribution in [3.05, 3.63) is 12.4 Å². The molecule has 2 aliphatic heterocycles. The minimum absolute atomic E-state index is 0.233. The molecular weight excluding hydrogens is 395 g/mol. The number of amides is 1. The van der Waals surface area contributed by atoms with Crippen molar-refractivity contribution >= 4 is 24.6 Å². The molecule has 0 bridgehead atoms. The molecule has 1 atom stereocenters. The monoisotopic (exact) mass is 432 g/mol. The highest BCUT2D eigenvalue weighted by Crippen LogP contribution is 2.36. The maximum absolute atomic E-state index is 12.4. The molecular formula is C22H37BN4O4. The predicted octanol–water partition coefficient (Wildman–Crippen LogP) is 2.86. The summed E-state index contributed by atoms with van der Waals surface area (Å²) in [5.74, 6) is 0.993. The Morgan fingerprint density at radius 1 is 1.23 bits per heavy atom. The summed E-state index contributed by atoms with van der Waals surface area (Å²) in [5.41, 5.74) is -0.458. The zero-order valence-corrected chi connectivity index (χ0v) is 20.3. The summed E-state index contributed by atoms with van der Waals surface area (Å²) >= 11 is 0. The first-order valence-corrected chi connectivity index (χ1v) is 11.1. The Morgan fingerprint density at radius 2 is 1.81 bits per heavy atom. The van der Waals surface area contributed by atoms with Gasteiger partial charge in [-0.25, -0.2) is 14.8 Å². The van der Waals surface area contributed by atoms with Crippen LogP contribution in [0.15, 0.2) is 12.4 Å². The van der Waals surface area contributed by atoms with Gasteiger partial charge in [-0.1, -0.05) is 0 Å². The fourth-order valence-corrected chi connectivity index (χ4v) is 3.80. The van der Waals surface area contributed by atoms with Crippen molar-refractivity contribution in [3.63, 3.8) is 0 Å². The molecule has 3 heterocycles. The molecule has 9 heteroatoms. The van der Waals surface area contributed by atoms with Gasteiger partial charge in [0.15, 0.2) is 0 Å². The maximum Gasteiger partial charge on any atom is 0.498 e. The normalized spacial score (nSPS) is 23.0. The second-order valence-corrected chi connectivity index (χ2v) is 10.7. The van der Waals surface area contributed by atoms with Gasteiger partial charge in [0.1, 0.15) is 5.60 Å². The zero-order chi connectivity index (χ0) is 23.0. The highest BCUT2D eigenvalue weighted by atomic mass is 16.7. The van der Waals surface area contributed by atoms with Gasteiger partial charge in [-0.3, -0.25) is 0 Å². The van der Waals surface area contributed by atoms with Crippen molar-refractivity contribution in [2.45, 2.75) is 78.1 Å². The van der Waals surface area contributed by atoms with E-state index in [4.69, 9.17) is 14.0 Å². The third-order valence-electron chi connectivity index (χ3n) is 6.23. The molecule has 3 rings (SSSR count).